The Kier molecular flexibility index (Phi) is 7.02. The number of methoxy groups -OCH3 is 1. The van der Waals surface area contributed by atoms with Gasteiger partial charge >= 0.3 is 11.9 Å². The number of carbonyl (C=O) groups is 2. The maximum atomic E-state index is 12.4. The minimum Gasteiger partial charge on any atom is -0.497 e. The van der Waals surface area contributed by atoms with Gasteiger partial charge in [-0.1, -0.05) is 30.3 Å². The lowest BCUT2D eigenvalue weighted by Gasteiger charge is -2.27. The van der Waals surface area contributed by atoms with Gasteiger partial charge in [0.15, 0.2) is 0 Å². The molecule has 0 aliphatic heterocycles. The molecular weight excluding hydrogens is 334 g/mol. The first-order chi connectivity index (χ1) is 12.5. The molecule has 2 rings (SSSR count). The van der Waals surface area contributed by atoms with Gasteiger partial charge in [0.1, 0.15) is 5.75 Å². The van der Waals surface area contributed by atoms with E-state index in [2.05, 4.69) is 5.32 Å². The van der Waals surface area contributed by atoms with Crippen LogP contribution in [0.3, 0.4) is 0 Å². The molecule has 0 bridgehead atoms. The Labute approximate surface area is 153 Å². The quantitative estimate of drug-likeness (QED) is 0.731. The highest BCUT2D eigenvalue weighted by molar-refractivity contribution is 5.80. The second-order valence-electron chi connectivity index (χ2n) is 5.54. The average molecular weight is 357 g/mol. The van der Waals surface area contributed by atoms with Crippen molar-refractivity contribution >= 4 is 17.6 Å². The Balaban J connectivity index is 2.36. The SMILES string of the molecule is CCOC(=O)[C@H](OC(C)=O)[C@@H](Nc1ccc(OC)cc1)c1ccccc1. The molecule has 26 heavy (non-hydrogen) atoms. The standard InChI is InChI=1S/C20H23NO5/c1-4-25-20(23)19(26-14(2)22)18(15-8-6-5-7-9-15)21-16-10-12-17(24-3)13-11-16/h5-13,18-19,21H,4H2,1-3H3/t18-,19+/m0/s1. The molecule has 0 radical (unpaired) electrons. The molecule has 6 nitrogen and oxygen atoms in total. The Morgan fingerprint density at radius 2 is 1.69 bits per heavy atom. The van der Waals surface area contributed by atoms with E-state index in [0.717, 1.165) is 11.3 Å². The van der Waals surface area contributed by atoms with E-state index >= 15 is 0 Å². The van der Waals surface area contributed by atoms with Crippen molar-refractivity contribution in [2.45, 2.75) is 26.0 Å². The van der Waals surface area contributed by atoms with Crippen LogP contribution in [0.4, 0.5) is 5.69 Å². The van der Waals surface area contributed by atoms with Gasteiger partial charge in [0.2, 0.25) is 6.10 Å². The molecule has 0 unspecified atom stereocenters. The van der Waals surface area contributed by atoms with Crippen molar-refractivity contribution in [1.82, 2.24) is 0 Å². The molecule has 0 fully saturated rings. The maximum absolute atomic E-state index is 12.4. The van der Waals surface area contributed by atoms with Crippen molar-refractivity contribution < 1.29 is 23.8 Å². The molecule has 0 saturated heterocycles. The monoisotopic (exact) mass is 357 g/mol. The molecule has 2 aromatic carbocycles. The highest BCUT2D eigenvalue weighted by Crippen LogP contribution is 2.27. The number of nitrogens with one attached hydrogen (secondary N) is 1. The number of esters is 2. The number of hydrogen-bond donors (Lipinski definition) is 1. The number of benzene rings is 2. The summed E-state index contributed by atoms with van der Waals surface area (Å²) in [4.78, 5) is 24.0. The zero-order valence-electron chi connectivity index (χ0n) is 15.1. The molecular formula is C20H23NO5. The minimum absolute atomic E-state index is 0.195. The molecule has 6 heteroatoms. The van der Waals surface area contributed by atoms with Crippen molar-refractivity contribution in [3.05, 3.63) is 60.2 Å². The molecule has 0 amide bonds. The number of anilines is 1. The fourth-order valence-corrected chi connectivity index (χ4v) is 2.52. The highest BCUT2D eigenvalue weighted by Gasteiger charge is 2.34. The summed E-state index contributed by atoms with van der Waals surface area (Å²) in [5.41, 5.74) is 1.55. The van der Waals surface area contributed by atoms with E-state index in [1.54, 1.807) is 26.2 Å². The summed E-state index contributed by atoms with van der Waals surface area (Å²) < 4.78 is 15.6. The zero-order valence-corrected chi connectivity index (χ0v) is 15.1. The van der Waals surface area contributed by atoms with Crippen molar-refractivity contribution in [3.63, 3.8) is 0 Å². The van der Waals surface area contributed by atoms with Crippen LogP contribution in [-0.2, 0) is 19.1 Å². The Morgan fingerprint density at radius 1 is 1.04 bits per heavy atom. The summed E-state index contributed by atoms with van der Waals surface area (Å²) in [6, 6.07) is 15.9. The third kappa shape index (κ3) is 5.24. The molecule has 2 atom stereocenters. The predicted octanol–water partition coefficient (Wildman–Crippen LogP) is 3.34. The van der Waals surface area contributed by atoms with Gasteiger partial charge in [-0.3, -0.25) is 4.79 Å². The summed E-state index contributed by atoms with van der Waals surface area (Å²) in [5, 5.41) is 3.26. The topological polar surface area (TPSA) is 73.9 Å². The van der Waals surface area contributed by atoms with Crippen molar-refractivity contribution in [2.24, 2.45) is 0 Å². The summed E-state index contributed by atoms with van der Waals surface area (Å²) in [6.07, 6.45) is -1.11. The van der Waals surface area contributed by atoms with Gasteiger partial charge in [-0.2, -0.15) is 0 Å². The van der Waals surface area contributed by atoms with Gasteiger partial charge < -0.3 is 19.5 Å². The molecule has 2 aromatic rings. The van der Waals surface area contributed by atoms with Gasteiger partial charge in [0.25, 0.3) is 0 Å². The lowest BCUT2D eigenvalue weighted by molar-refractivity contribution is -0.167. The van der Waals surface area contributed by atoms with Crippen LogP contribution in [0, 0.1) is 0 Å². The number of ether oxygens (including phenoxy) is 3. The first-order valence-electron chi connectivity index (χ1n) is 8.34. The molecule has 0 aliphatic rings. The molecule has 0 saturated carbocycles. The van der Waals surface area contributed by atoms with E-state index in [1.807, 2.05) is 42.5 Å². The zero-order chi connectivity index (χ0) is 18.9. The van der Waals surface area contributed by atoms with Crippen molar-refractivity contribution in [2.75, 3.05) is 19.0 Å². The first kappa shape index (κ1) is 19.3. The van der Waals surface area contributed by atoms with Gasteiger partial charge in [-0.05, 0) is 36.8 Å². The second kappa shape index (κ2) is 9.46. The second-order valence-corrected chi connectivity index (χ2v) is 5.54. The summed E-state index contributed by atoms with van der Waals surface area (Å²) in [5.74, 6) is -0.438. The van der Waals surface area contributed by atoms with Crippen LogP contribution in [0.2, 0.25) is 0 Å². The highest BCUT2D eigenvalue weighted by atomic mass is 16.6. The van der Waals surface area contributed by atoms with E-state index in [9.17, 15) is 9.59 Å². The molecule has 1 N–H and O–H groups in total. The Hall–Kier alpha value is -3.02. The third-order valence-electron chi connectivity index (χ3n) is 3.69. The minimum atomic E-state index is -1.11. The number of hydrogen-bond acceptors (Lipinski definition) is 6. The Bertz CT molecular complexity index is 715. The van der Waals surface area contributed by atoms with Crippen LogP contribution in [0.1, 0.15) is 25.5 Å². The van der Waals surface area contributed by atoms with Crippen LogP contribution in [-0.4, -0.2) is 31.8 Å². The van der Waals surface area contributed by atoms with Crippen LogP contribution >= 0.6 is 0 Å². The smallest absolute Gasteiger partial charge is 0.350 e. The Morgan fingerprint density at radius 3 is 2.23 bits per heavy atom. The predicted molar refractivity (Wildman–Crippen MR) is 98.0 cm³/mol. The van der Waals surface area contributed by atoms with Gasteiger partial charge in [-0.25, -0.2) is 4.79 Å². The van der Waals surface area contributed by atoms with E-state index in [-0.39, 0.29) is 6.61 Å². The molecule has 0 heterocycles. The lowest BCUT2D eigenvalue weighted by Crippen LogP contribution is -2.38. The van der Waals surface area contributed by atoms with E-state index in [1.165, 1.54) is 6.92 Å². The maximum Gasteiger partial charge on any atom is 0.350 e. The summed E-state index contributed by atoms with van der Waals surface area (Å²) >= 11 is 0. The van der Waals surface area contributed by atoms with Crippen molar-refractivity contribution in [3.8, 4) is 5.75 Å². The fourth-order valence-electron chi connectivity index (χ4n) is 2.52. The lowest BCUT2D eigenvalue weighted by atomic mass is 10.0. The fraction of sp³-hybridized carbons (Fsp3) is 0.300. The number of carbonyl (C=O) groups excluding carboxylic acids is 2. The van der Waals surface area contributed by atoms with E-state index in [4.69, 9.17) is 14.2 Å². The summed E-state index contributed by atoms with van der Waals surface area (Å²) in [7, 11) is 1.59. The van der Waals surface area contributed by atoms with E-state index < -0.39 is 24.1 Å². The van der Waals surface area contributed by atoms with Crippen molar-refractivity contribution in [1.29, 1.82) is 0 Å². The average Bonchev–Trinajstić information content (AvgIpc) is 2.65. The molecule has 0 spiro atoms. The number of rotatable bonds is 8. The molecule has 0 aliphatic carbocycles. The van der Waals surface area contributed by atoms with Crippen LogP contribution in [0.15, 0.2) is 54.6 Å². The van der Waals surface area contributed by atoms with Gasteiger partial charge in [0.05, 0.1) is 19.8 Å². The first-order valence-corrected chi connectivity index (χ1v) is 8.34. The van der Waals surface area contributed by atoms with Crippen LogP contribution in [0.5, 0.6) is 5.75 Å². The van der Waals surface area contributed by atoms with Gasteiger partial charge in [-0.15, -0.1) is 0 Å². The van der Waals surface area contributed by atoms with E-state index in [0.29, 0.717) is 5.75 Å². The van der Waals surface area contributed by atoms with Gasteiger partial charge in [0, 0.05) is 12.6 Å². The van der Waals surface area contributed by atoms with Crippen LogP contribution < -0.4 is 10.1 Å². The molecule has 0 aromatic heterocycles. The molecule has 138 valence electrons. The van der Waals surface area contributed by atoms with Crippen LogP contribution in [0.25, 0.3) is 0 Å². The summed E-state index contributed by atoms with van der Waals surface area (Å²) in [6.45, 7) is 3.17. The third-order valence-corrected chi connectivity index (χ3v) is 3.69. The normalized spacial score (nSPS) is 12.6. The largest absolute Gasteiger partial charge is 0.497 e.